The van der Waals surface area contributed by atoms with E-state index in [0.717, 1.165) is 16.6 Å². The number of nitrogens with two attached hydrogens (primary N) is 1. The number of hydrogen-bond donors (Lipinski definition) is 2. The molecule has 4 rings (SSSR count). The van der Waals surface area contributed by atoms with E-state index in [1.807, 2.05) is 26.0 Å². The van der Waals surface area contributed by atoms with Gasteiger partial charge in [-0.1, -0.05) is 24.3 Å². The highest BCUT2D eigenvalue weighted by molar-refractivity contribution is 7.90. The molecule has 0 aromatic carbocycles. The minimum atomic E-state index is -3.49. The Kier molecular flexibility index (Phi) is 5.18. The fourth-order valence-electron chi connectivity index (χ4n) is 3.69. The maximum atomic E-state index is 13.1. The van der Waals surface area contributed by atoms with Gasteiger partial charge in [0.2, 0.25) is 10.0 Å². The Morgan fingerprint density at radius 2 is 2.10 bits per heavy atom. The molecule has 3 N–H and O–H groups in total. The number of fused-ring (bicyclic) bond motifs is 1. The van der Waals surface area contributed by atoms with Gasteiger partial charge in [0.1, 0.15) is 9.71 Å². The number of aromatic nitrogens is 2. The molecule has 2 aliphatic rings. The molecule has 2 unspecified atom stereocenters. The van der Waals surface area contributed by atoms with Gasteiger partial charge in [-0.3, -0.25) is 4.79 Å². The Morgan fingerprint density at radius 3 is 2.83 bits per heavy atom. The molecule has 1 aliphatic heterocycles. The predicted octanol–water partition coefficient (Wildman–Crippen LogP) is 1.91. The summed E-state index contributed by atoms with van der Waals surface area (Å²) < 4.78 is 28.0. The number of aryl methyl sites for hydroxylation is 2. The Labute approximate surface area is 173 Å². The summed E-state index contributed by atoms with van der Waals surface area (Å²) in [5.74, 6) is -0.190. The van der Waals surface area contributed by atoms with Crippen LogP contribution in [0.4, 0.5) is 5.69 Å². The zero-order valence-corrected chi connectivity index (χ0v) is 17.9. The van der Waals surface area contributed by atoms with Crippen molar-refractivity contribution in [2.24, 2.45) is 0 Å². The molecule has 0 spiro atoms. The quantitative estimate of drug-likeness (QED) is 0.760. The average molecular weight is 434 g/mol. The van der Waals surface area contributed by atoms with Gasteiger partial charge >= 0.3 is 0 Å². The molecular weight excluding hydrogens is 410 g/mol. The number of carbonyl (C=O) groups is 1. The SMILES string of the molecule is Cc1nnc2sc(C(=O)N3CCC(NS(=O)(=O)C4C=CC=CC4)C3)c(N)c2c1C. The number of amides is 1. The molecule has 154 valence electrons. The molecular formula is C19H23N5O3S2. The summed E-state index contributed by atoms with van der Waals surface area (Å²) >= 11 is 1.23. The van der Waals surface area contributed by atoms with E-state index in [9.17, 15) is 13.2 Å². The topological polar surface area (TPSA) is 118 Å². The Morgan fingerprint density at radius 1 is 1.31 bits per heavy atom. The van der Waals surface area contributed by atoms with Crippen LogP contribution in [0.1, 0.15) is 33.8 Å². The van der Waals surface area contributed by atoms with Crippen LogP contribution in [0.5, 0.6) is 0 Å². The number of sulfonamides is 1. The average Bonchev–Trinajstić information content (AvgIpc) is 3.29. The summed E-state index contributed by atoms with van der Waals surface area (Å²) in [4.78, 5) is 15.8. The molecule has 1 aliphatic carbocycles. The maximum Gasteiger partial charge on any atom is 0.266 e. The number of thiophene rings is 1. The van der Waals surface area contributed by atoms with Gasteiger partial charge < -0.3 is 10.6 Å². The van der Waals surface area contributed by atoms with Crippen LogP contribution in [0.2, 0.25) is 0 Å². The fraction of sp³-hybridized carbons (Fsp3) is 0.421. The monoisotopic (exact) mass is 433 g/mol. The molecule has 8 nitrogen and oxygen atoms in total. The number of nitrogens with zero attached hydrogens (tertiary/aromatic N) is 3. The number of hydrogen-bond acceptors (Lipinski definition) is 7. The van der Waals surface area contributed by atoms with Crippen LogP contribution >= 0.6 is 11.3 Å². The lowest BCUT2D eigenvalue weighted by atomic mass is 10.1. The van der Waals surface area contributed by atoms with Crippen LogP contribution < -0.4 is 10.5 Å². The lowest BCUT2D eigenvalue weighted by Crippen LogP contribution is -2.42. The van der Waals surface area contributed by atoms with Crippen molar-refractivity contribution in [3.05, 3.63) is 40.4 Å². The zero-order chi connectivity index (χ0) is 20.8. The number of nitrogen functional groups attached to an aromatic ring is 1. The van der Waals surface area contributed by atoms with E-state index in [-0.39, 0.29) is 11.9 Å². The lowest BCUT2D eigenvalue weighted by molar-refractivity contribution is 0.0796. The van der Waals surface area contributed by atoms with Crippen LogP contribution in [-0.4, -0.2) is 53.8 Å². The van der Waals surface area contributed by atoms with Gasteiger partial charge in [0.15, 0.2) is 0 Å². The normalized spacial score (nSPS) is 21.9. The summed E-state index contributed by atoms with van der Waals surface area (Å²) in [5.41, 5.74) is 8.41. The van der Waals surface area contributed by atoms with Gasteiger partial charge in [0.05, 0.1) is 16.6 Å². The molecule has 29 heavy (non-hydrogen) atoms. The predicted molar refractivity (Wildman–Crippen MR) is 114 cm³/mol. The number of nitrogens with one attached hydrogen (secondary N) is 1. The molecule has 1 fully saturated rings. The Hall–Kier alpha value is -2.30. The van der Waals surface area contributed by atoms with Crippen molar-refractivity contribution in [3.63, 3.8) is 0 Å². The second-order valence-electron chi connectivity index (χ2n) is 7.42. The molecule has 1 saturated heterocycles. The van der Waals surface area contributed by atoms with Crippen molar-refractivity contribution in [1.82, 2.24) is 19.8 Å². The summed E-state index contributed by atoms with van der Waals surface area (Å²) in [6, 6.07) is -0.303. The summed E-state index contributed by atoms with van der Waals surface area (Å²) in [6.07, 6.45) is 8.13. The molecule has 1 amide bonds. The van der Waals surface area contributed by atoms with Crippen LogP contribution in [0, 0.1) is 13.8 Å². The van der Waals surface area contributed by atoms with Crippen molar-refractivity contribution < 1.29 is 13.2 Å². The van der Waals surface area contributed by atoms with Crippen LogP contribution in [0.25, 0.3) is 10.2 Å². The van der Waals surface area contributed by atoms with Crippen molar-refractivity contribution in [3.8, 4) is 0 Å². The minimum Gasteiger partial charge on any atom is -0.397 e. The maximum absolute atomic E-state index is 13.1. The standard InChI is InChI=1S/C19H23N5O3S2/c1-11-12(2)21-22-18-15(11)16(20)17(28-18)19(25)24-9-8-13(10-24)23-29(26,27)14-6-4-3-5-7-14/h3-6,13-14,23H,7-10,20H2,1-2H3. The van der Waals surface area contributed by atoms with E-state index in [0.29, 0.717) is 41.3 Å². The van der Waals surface area contributed by atoms with Crippen molar-refractivity contribution in [2.45, 2.75) is 38.0 Å². The molecule has 10 heteroatoms. The highest BCUT2D eigenvalue weighted by Gasteiger charge is 2.34. The Balaban J connectivity index is 1.49. The summed E-state index contributed by atoms with van der Waals surface area (Å²) in [7, 11) is -3.49. The van der Waals surface area contributed by atoms with Gasteiger partial charge in [-0.05, 0) is 32.3 Å². The van der Waals surface area contributed by atoms with E-state index in [1.165, 1.54) is 11.3 Å². The third kappa shape index (κ3) is 3.67. The van der Waals surface area contributed by atoms with Gasteiger partial charge in [0, 0.05) is 24.5 Å². The molecule has 2 atom stereocenters. The first-order chi connectivity index (χ1) is 13.8. The molecule has 2 aromatic heterocycles. The highest BCUT2D eigenvalue weighted by Crippen LogP contribution is 2.36. The van der Waals surface area contributed by atoms with E-state index < -0.39 is 15.3 Å². The molecule has 2 aromatic rings. The van der Waals surface area contributed by atoms with Gasteiger partial charge in [-0.15, -0.1) is 16.4 Å². The number of carbonyl (C=O) groups excluding carboxylic acids is 1. The highest BCUT2D eigenvalue weighted by atomic mass is 32.2. The fourth-order valence-corrected chi connectivity index (χ4v) is 6.25. The molecule has 3 heterocycles. The van der Waals surface area contributed by atoms with E-state index >= 15 is 0 Å². The van der Waals surface area contributed by atoms with Gasteiger partial charge in [0.25, 0.3) is 5.91 Å². The second kappa shape index (κ2) is 7.51. The number of likely N-dealkylation sites (tertiary alicyclic amines) is 1. The van der Waals surface area contributed by atoms with E-state index in [2.05, 4.69) is 14.9 Å². The van der Waals surface area contributed by atoms with Crippen LogP contribution in [0.15, 0.2) is 24.3 Å². The van der Waals surface area contributed by atoms with Crippen molar-refractivity contribution in [1.29, 1.82) is 0 Å². The minimum absolute atomic E-state index is 0.190. The Bertz CT molecular complexity index is 1140. The molecule has 0 bridgehead atoms. The van der Waals surface area contributed by atoms with Gasteiger partial charge in [-0.2, -0.15) is 5.10 Å². The van der Waals surface area contributed by atoms with Crippen molar-refractivity contribution >= 4 is 43.2 Å². The third-order valence-corrected chi connectivity index (χ3v) is 8.36. The number of allylic oxidation sites excluding steroid dienone is 3. The summed E-state index contributed by atoms with van der Waals surface area (Å²) in [5, 5.41) is 8.48. The van der Waals surface area contributed by atoms with E-state index in [1.54, 1.807) is 17.1 Å². The second-order valence-corrected chi connectivity index (χ2v) is 10.4. The van der Waals surface area contributed by atoms with Crippen LogP contribution in [-0.2, 0) is 10.0 Å². The lowest BCUT2D eigenvalue weighted by Gasteiger charge is -2.20. The largest absolute Gasteiger partial charge is 0.397 e. The first-order valence-corrected chi connectivity index (χ1v) is 11.8. The number of rotatable bonds is 4. The first kappa shape index (κ1) is 20.0. The zero-order valence-electron chi connectivity index (χ0n) is 16.3. The summed E-state index contributed by atoms with van der Waals surface area (Å²) in [6.45, 7) is 4.57. The first-order valence-electron chi connectivity index (χ1n) is 9.43. The van der Waals surface area contributed by atoms with E-state index in [4.69, 9.17) is 5.73 Å². The smallest absolute Gasteiger partial charge is 0.266 e. The van der Waals surface area contributed by atoms with Crippen LogP contribution in [0.3, 0.4) is 0 Å². The van der Waals surface area contributed by atoms with Crippen molar-refractivity contribution in [2.75, 3.05) is 18.8 Å². The molecule has 0 saturated carbocycles. The third-order valence-electron chi connectivity index (χ3n) is 5.48. The van der Waals surface area contributed by atoms with Gasteiger partial charge in [-0.25, -0.2) is 13.1 Å². The number of anilines is 1. The molecule has 0 radical (unpaired) electrons.